The molecule has 1 fully saturated rings. The molecule has 9 heteroatoms. The molecule has 2 N–H and O–H groups in total. The summed E-state index contributed by atoms with van der Waals surface area (Å²) < 4.78 is 5.55. The number of benzene rings is 1. The minimum absolute atomic E-state index is 0.0877. The minimum atomic E-state index is -0.0877. The lowest BCUT2D eigenvalue weighted by molar-refractivity contribution is -0.129. The number of pyridine rings is 1. The second-order valence-corrected chi connectivity index (χ2v) is 9.12. The zero-order valence-electron chi connectivity index (χ0n) is 20.0. The van der Waals surface area contributed by atoms with Crippen LogP contribution < -0.4 is 20.3 Å². The molecule has 1 unspecified atom stereocenters. The average Bonchev–Trinajstić information content (AvgIpc) is 2.89. The van der Waals surface area contributed by atoms with Gasteiger partial charge in [0.2, 0.25) is 5.91 Å². The predicted molar refractivity (Wildman–Crippen MR) is 138 cm³/mol. The second kappa shape index (κ2) is 11.3. The Labute approximate surface area is 205 Å². The molecule has 1 atom stereocenters. The molecule has 0 bridgehead atoms. The van der Waals surface area contributed by atoms with E-state index >= 15 is 0 Å². The molecular weight excluding hydrogens is 448 g/mol. The highest BCUT2D eigenvalue weighted by molar-refractivity contribution is 7.98. The number of carbonyl (C=O) groups is 1. The number of aromatic nitrogens is 1. The maximum Gasteiger partial charge on any atom is 0.219 e. The van der Waals surface area contributed by atoms with Gasteiger partial charge in [-0.3, -0.25) is 9.79 Å². The lowest BCUT2D eigenvalue weighted by atomic mass is 10.1. The fourth-order valence-corrected chi connectivity index (χ4v) is 4.56. The van der Waals surface area contributed by atoms with Crippen LogP contribution >= 0.6 is 11.8 Å². The molecule has 1 amide bonds. The molecule has 3 heterocycles. The van der Waals surface area contributed by atoms with E-state index in [1.807, 2.05) is 17.2 Å². The molecule has 0 aliphatic carbocycles. The number of methoxy groups -OCH3 is 1. The van der Waals surface area contributed by atoms with Crippen LogP contribution in [0.15, 0.2) is 58.3 Å². The molecule has 2 aromatic rings. The van der Waals surface area contributed by atoms with Crippen LogP contribution in [0.25, 0.3) is 0 Å². The van der Waals surface area contributed by atoms with Crippen molar-refractivity contribution in [3.8, 4) is 5.75 Å². The van der Waals surface area contributed by atoms with Gasteiger partial charge in [0.05, 0.1) is 19.5 Å². The summed E-state index contributed by atoms with van der Waals surface area (Å²) >= 11 is 1.71. The van der Waals surface area contributed by atoms with Crippen molar-refractivity contribution in [3.05, 3.63) is 59.6 Å². The summed E-state index contributed by atoms with van der Waals surface area (Å²) in [4.78, 5) is 26.1. The number of thioether (sulfide) groups is 1. The van der Waals surface area contributed by atoms with Crippen LogP contribution in [0.1, 0.15) is 24.1 Å². The van der Waals surface area contributed by atoms with E-state index in [4.69, 9.17) is 4.74 Å². The third-order valence-corrected chi connectivity index (χ3v) is 6.87. The molecular formula is C25H32N6O2S. The van der Waals surface area contributed by atoms with Gasteiger partial charge in [0.1, 0.15) is 17.4 Å². The number of amides is 1. The predicted octanol–water partition coefficient (Wildman–Crippen LogP) is 2.83. The van der Waals surface area contributed by atoms with Gasteiger partial charge in [-0.15, -0.1) is 11.8 Å². The standard InChI is InChI=1S/C25H32N6O2S/c1-18(32)30-10-12-31(13-11-30)25-7-5-20(16-27-25)22-15-24(29-17-28-22)26-9-8-19-4-6-21(34-3)14-23(19)33-2/h4-7,14-17,22,26H,8-13H2,1-3H3,(H,28,29). The van der Waals surface area contributed by atoms with Crippen molar-refractivity contribution in [1.29, 1.82) is 0 Å². The van der Waals surface area contributed by atoms with E-state index in [0.717, 1.165) is 62.1 Å². The number of hydrogen-bond acceptors (Lipinski definition) is 8. The summed E-state index contributed by atoms with van der Waals surface area (Å²) in [5.74, 6) is 2.93. The summed E-state index contributed by atoms with van der Waals surface area (Å²) in [6.07, 6.45) is 8.62. The third-order valence-electron chi connectivity index (χ3n) is 6.15. The van der Waals surface area contributed by atoms with Crippen molar-refractivity contribution in [1.82, 2.24) is 20.5 Å². The molecule has 4 rings (SSSR count). The highest BCUT2D eigenvalue weighted by Gasteiger charge is 2.20. The smallest absolute Gasteiger partial charge is 0.219 e. The SMILES string of the molecule is COc1cc(SC)ccc1CCNC1=CC(c2ccc(N3CCN(C(C)=O)CC3)nc2)N=CN1. The largest absolute Gasteiger partial charge is 0.496 e. The molecule has 2 aliphatic rings. The van der Waals surface area contributed by atoms with Crippen LogP contribution in [-0.2, 0) is 11.2 Å². The van der Waals surface area contributed by atoms with Crippen LogP contribution in [0.5, 0.6) is 5.75 Å². The first kappa shape index (κ1) is 23.9. The van der Waals surface area contributed by atoms with Gasteiger partial charge in [0, 0.05) is 50.7 Å². The monoisotopic (exact) mass is 480 g/mol. The second-order valence-electron chi connectivity index (χ2n) is 8.25. The number of anilines is 1. The number of nitrogens with zero attached hydrogens (tertiary/aromatic N) is 4. The fraction of sp³-hybridized carbons (Fsp3) is 0.400. The topological polar surface area (TPSA) is 82.1 Å². The van der Waals surface area contributed by atoms with Crippen molar-refractivity contribution in [2.45, 2.75) is 24.3 Å². The van der Waals surface area contributed by atoms with Crippen molar-refractivity contribution in [2.24, 2.45) is 4.99 Å². The zero-order valence-corrected chi connectivity index (χ0v) is 20.8. The van der Waals surface area contributed by atoms with Gasteiger partial charge in [-0.25, -0.2) is 4.98 Å². The molecule has 2 aliphatic heterocycles. The molecule has 0 spiro atoms. The molecule has 1 aromatic carbocycles. The van der Waals surface area contributed by atoms with E-state index in [1.165, 1.54) is 10.5 Å². The van der Waals surface area contributed by atoms with Crippen LogP contribution in [0.2, 0.25) is 0 Å². The number of carbonyl (C=O) groups excluding carboxylic acids is 1. The minimum Gasteiger partial charge on any atom is -0.496 e. The van der Waals surface area contributed by atoms with Crippen molar-refractivity contribution in [2.75, 3.05) is 51.0 Å². The van der Waals surface area contributed by atoms with Gasteiger partial charge >= 0.3 is 0 Å². The van der Waals surface area contributed by atoms with E-state index in [-0.39, 0.29) is 11.9 Å². The molecule has 180 valence electrons. The van der Waals surface area contributed by atoms with E-state index in [9.17, 15) is 4.79 Å². The quantitative estimate of drug-likeness (QED) is 0.562. The maximum atomic E-state index is 11.5. The third kappa shape index (κ3) is 5.83. The zero-order chi connectivity index (χ0) is 23.9. The van der Waals surface area contributed by atoms with Crippen LogP contribution in [0.4, 0.5) is 5.82 Å². The van der Waals surface area contributed by atoms with Gasteiger partial charge in [0.25, 0.3) is 0 Å². The van der Waals surface area contributed by atoms with Crippen LogP contribution in [0, 0.1) is 0 Å². The lowest BCUT2D eigenvalue weighted by Crippen LogP contribution is -2.48. The summed E-state index contributed by atoms with van der Waals surface area (Å²) in [6, 6.07) is 10.4. The van der Waals surface area contributed by atoms with Crippen LogP contribution in [0.3, 0.4) is 0 Å². The first-order chi connectivity index (χ1) is 16.6. The average molecular weight is 481 g/mol. The van der Waals surface area contributed by atoms with Crippen molar-refractivity contribution in [3.63, 3.8) is 0 Å². The number of aliphatic imine (C=N–C) groups is 1. The molecule has 34 heavy (non-hydrogen) atoms. The maximum absolute atomic E-state index is 11.5. The van der Waals surface area contributed by atoms with Gasteiger partial charge in [0.15, 0.2) is 0 Å². The lowest BCUT2D eigenvalue weighted by Gasteiger charge is -2.35. The van der Waals surface area contributed by atoms with E-state index in [2.05, 4.69) is 62.1 Å². The first-order valence-electron chi connectivity index (χ1n) is 11.5. The van der Waals surface area contributed by atoms with E-state index < -0.39 is 0 Å². The highest BCUT2D eigenvalue weighted by Crippen LogP contribution is 2.26. The normalized spacial score (nSPS) is 17.7. The Bertz CT molecular complexity index is 1050. The summed E-state index contributed by atoms with van der Waals surface area (Å²) in [7, 11) is 1.72. The number of hydrogen-bond donors (Lipinski definition) is 2. The van der Waals surface area contributed by atoms with Gasteiger partial charge in [-0.1, -0.05) is 12.1 Å². The summed E-state index contributed by atoms with van der Waals surface area (Å²) in [6.45, 7) is 5.48. The highest BCUT2D eigenvalue weighted by atomic mass is 32.2. The van der Waals surface area contributed by atoms with Gasteiger partial charge in [-0.2, -0.15) is 0 Å². The Kier molecular flexibility index (Phi) is 7.95. The first-order valence-corrected chi connectivity index (χ1v) is 12.7. The number of ether oxygens (including phenoxy) is 1. The Morgan fingerprint density at radius 2 is 2.06 bits per heavy atom. The molecule has 0 saturated carbocycles. The Balaban J connectivity index is 1.32. The molecule has 1 saturated heterocycles. The Morgan fingerprint density at radius 3 is 2.74 bits per heavy atom. The fourth-order valence-electron chi connectivity index (χ4n) is 4.13. The van der Waals surface area contributed by atoms with Gasteiger partial charge in [-0.05, 0) is 48.1 Å². The molecule has 1 aromatic heterocycles. The number of rotatable bonds is 8. The van der Waals surface area contributed by atoms with Gasteiger partial charge < -0.3 is 25.2 Å². The Hall–Kier alpha value is -3.20. The number of nitrogens with one attached hydrogen (secondary N) is 2. The van der Waals surface area contributed by atoms with E-state index in [0.29, 0.717) is 0 Å². The van der Waals surface area contributed by atoms with Crippen LogP contribution in [-0.4, -0.2) is 68.2 Å². The summed E-state index contributed by atoms with van der Waals surface area (Å²) in [5.41, 5.74) is 2.22. The van der Waals surface area contributed by atoms with Crippen molar-refractivity contribution < 1.29 is 9.53 Å². The summed E-state index contributed by atoms with van der Waals surface area (Å²) in [5, 5.41) is 6.65. The van der Waals surface area contributed by atoms with E-state index in [1.54, 1.807) is 32.1 Å². The molecule has 8 nitrogen and oxygen atoms in total. The number of piperazine rings is 1. The Morgan fingerprint density at radius 1 is 1.24 bits per heavy atom. The molecule has 0 radical (unpaired) electrons. The van der Waals surface area contributed by atoms with Crippen molar-refractivity contribution >= 4 is 29.8 Å².